The number of aryl methyl sites for hydroxylation is 1. The Balaban J connectivity index is 0.000000861. The van der Waals surface area contributed by atoms with E-state index in [4.69, 9.17) is 11.5 Å². The fraction of sp³-hybridized carbons (Fsp3) is 0.231. The van der Waals surface area contributed by atoms with Crippen LogP contribution >= 0.6 is 0 Å². The van der Waals surface area contributed by atoms with E-state index >= 15 is 0 Å². The molecule has 0 saturated heterocycles. The number of carbonyl (C=O) groups excluding carboxylic acids is 1. The van der Waals surface area contributed by atoms with Crippen molar-refractivity contribution >= 4 is 11.6 Å². The Morgan fingerprint density at radius 2 is 2.00 bits per heavy atom. The van der Waals surface area contributed by atoms with Crippen molar-refractivity contribution in [3.63, 3.8) is 0 Å². The van der Waals surface area contributed by atoms with Gasteiger partial charge in [-0.05, 0) is 24.6 Å². The first-order valence-electron chi connectivity index (χ1n) is 5.90. The number of benzene rings is 1. The molecule has 2 aromatic rings. The van der Waals surface area contributed by atoms with Crippen molar-refractivity contribution in [2.75, 3.05) is 5.73 Å². The molecular weight excluding hydrogens is 247 g/mol. The third kappa shape index (κ3) is 3.09. The molecule has 0 spiro atoms. The lowest BCUT2D eigenvalue weighted by Gasteiger charge is -2.03. The van der Waals surface area contributed by atoms with Gasteiger partial charge >= 0.3 is 0 Å². The molecule has 2 rings (SSSR count). The highest BCUT2D eigenvalue weighted by atomic mass is 19.1. The highest BCUT2D eigenvalue weighted by Crippen LogP contribution is 2.17. The van der Waals surface area contributed by atoms with Crippen LogP contribution in [0.4, 0.5) is 10.1 Å². The molecule has 5 nitrogen and oxygen atoms in total. The number of aromatic nitrogens is 2. The van der Waals surface area contributed by atoms with Crippen LogP contribution in [0.5, 0.6) is 0 Å². The standard InChI is InChI=1S/C11H11FN4O.C2H6/c1-6-2-3-9(7(12)4-6)16-5-8(13)10(15-16)11(14)17;1-2/h2-5H,13H2,1H3,(H2,14,17);1-2H3. The third-order valence-electron chi connectivity index (χ3n) is 2.33. The van der Waals surface area contributed by atoms with E-state index in [1.54, 1.807) is 19.1 Å². The lowest BCUT2D eigenvalue weighted by molar-refractivity contribution is 0.0996. The fourth-order valence-corrected chi connectivity index (χ4v) is 1.50. The number of hydrogen-bond donors (Lipinski definition) is 2. The second kappa shape index (κ2) is 5.99. The number of amides is 1. The van der Waals surface area contributed by atoms with E-state index in [0.717, 1.165) is 5.56 Å². The normalized spacial score (nSPS) is 9.68. The number of carbonyl (C=O) groups is 1. The van der Waals surface area contributed by atoms with Crippen molar-refractivity contribution in [1.29, 1.82) is 0 Å². The van der Waals surface area contributed by atoms with Gasteiger partial charge < -0.3 is 11.5 Å². The smallest absolute Gasteiger partial charge is 0.271 e. The van der Waals surface area contributed by atoms with Crippen molar-refractivity contribution in [3.8, 4) is 5.69 Å². The molecule has 0 atom stereocenters. The zero-order chi connectivity index (χ0) is 14.6. The molecule has 102 valence electrons. The Kier molecular flexibility index (Phi) is 4.63. The van der Waals surface area contributed by atoms with Gasteiger partial charge in [-0.25, -0.2) is 9.07 Å². The van der Waals surface area contributed by atoms with Crippen LogP contribution in [0.1, 0.15) is 29.9 Å². The first-order valence-corrected chi connectivity index (χ1v) is 5.90. The minimum atomic E-state index is -0.742. The summed E-state index contributed by atoms with van der Waals surface area (Å²) in [5, 5.41) is 3.85. The summed E-state index contributed by atoms with van der Waals surface area (Å²) in [6.45, 7) is 5.78. The summed E-state index contributed by atoms with van der Waals surface area (Å²) in [5.41, 5.74) is 11.7. The lowest BCUT2D eigenvalue weighted by Crippen LogP contribution is -2.14. The molecule has 1 amide bonds. The van der Waals surface area contributed by atoms with E-state index < -0.39 is 11.7 Å². The molecule has 0 aliphatic heterocycles. The molecule has 6 heteroatoms. The zero-order valence-electron chi connectivity index (χ0n) is 11.1. The average Bonchev–Trinajstić information content (AvgIpc) is 2.74. The topological polar surface area (TPSA) is 86.9 Å². The van der Waals surface area contributed by atoms with Crippen molar-refractivity contribution in [1.82, 2.24) is 9.78 Å². The van der Waals surface area contributed by atoms with Crippen LogP contribution in [-0.2, 0) is 0 Å². The van der Waals surface area contributed by atoms with Gasteiger partial charge in [0.25, 0.3) is 5.91 Å². The molecule has 0 saturated carbocycles. The Morgan fingerprint density at radius 1 is 1.37 bits per heavy atom. The van der Waals surface area contributed by atoms with Gasteiger partial charge in [-0.2, -0.15) is 5.10 Å². The number of hydrogen-bond acceptors (Lipinski definition) is 3. The minimum absolute atomic E-state index is 0.0648. The second-order valence-corrected chi connectivity index (χ2v) is 3.70. The molecule has 0 aliphatic rings. The molecule has 1 aromatic carbocycles. The third-order valence-corrected chi connectivity index (χ3v) is 2.33. The van der Waals surface area contributed by atoms with Gasteiger partial charge in [-0.1, -0.05) is 19.9 Å². The Bertz CT molecular complexity index is 592. The van der Waals surface area contributed by atoms with Crippen LogP contribution in [0.15, 0.2) is 24.4 Å². The van der Waals surface area contributed by atoms with Gasteiger partial charge in [0.2, 0.25) is 0 Å². The molecule has 0 unspecified atom stereocenters. The van der Waals surface area contributed by atoms with E-state index in [1.807, 2.05) is 13.8 Å². The van der Waals surface area contributed by atoms with Gasteiger partial charge in [0.05, 0.1) is 11.9 Å². The molecule has 19 heavy (non-hydrogen) atoms. The predicted molar refractivity (Wildman–Crippen MR) is 72.5 cm³/mol. The summed E-state index contributed by atoms with van der Waals surface area (Å²) >= 11 is 0. The van der Waals surface area contributed by atoms with Gasteiger partial charge in [-0.15, -0.1) is 0 Å². The van der Waals surface area contributed by atoms with Gasteiger partial charge in [-0.3, -0.25) is 4.79 Å². The first kappa shape index (κ1) is 14.7. The van der Waals surface area contributed by atoms with Gasteiger partial charge in [0.15, 0.2) is 5.69 Å². The molecule has 1 aromatic heterocycles. The fourth-order valence-electron chi connectivity index (χ4n) is 1.50. The maximum atomic E-state index is 13.7. The number of halogens is 1. The van der Waals surface area contributed by atoms with E-state index in [2.05, 4.69) is 5.10 Å². The minimum Gasteiger partial charge on any atom is -0.396 e. The van der Waals surface area contributed by atoms with Crippen molar-refractivity contribution in [2.45, 2.75) is 20.8 Å². The van der Waals surface area contributed by atoms with Crippen molar-refractivity contribution in [2.24, 2.45) is 5.73 Å². The van der Waals surface area contributed by atoms with Crippen LogP contribution in [-0.4, -0.2) is 15.7 Å². The zero-order valence-corrected chi connectivity index (χ0v) is 11.1. The highest BCUT2D eigenvalue weighted by Gasteiger charge is 2.14. The van der Waals surface area contributed by atoms with E-state index in [9.17, 15) is 9.18 Å². The molecule has 4 N–H and O–H groups in total. The van der Waals surface area contributed by atoms with Crippen LogP contribution in [0.2, 0.25) is 0 Å². The molecule has 0 fully saturated rings. The van der Waals surface area contributed by atoms with Gasteiger partial charge in [0.1, 0.15) is 11.5 Å². The van der Waals surface area contributed by atoms with Crippen LogP contribution in [0.25, 0.3) is 5.69 Å². The van der Waals surface area contributed by atoms with Crippen LogP contribution in [0.3, 0.4) is 0 Å². The van der Waals surface area contributed by atoms with Crippen molar-refractivity contribution < 1.29 is 9.18 Å². The predicted octanol–water partition coefficient (Wildman–Crippen LogP) is 2.03. The van der Waals surface area contributed by atoms with Gasteiger partial charge in [0, 0.05) is 0 Å². The number of primary amides is 1. The number of nitrogen functional groups attached to an aromatic ring is 1. The summed E-state index contributed by atoms with van der Waals surface area (Å²) < 4.78 is 14.9. The number of nitrogens with two attached hydrogens (primary N) is 2. The van der Waals surface area contributed by atoms with Crippen LogP contribution in [0, 0.1) is 12.7 Å². The Morgan fingerprint density at radius 3 is 2.47 bits per heavy atom. The molecular formula is C13H17FN4O. The first-order chi connectivity index (χ1) is 8.99. The molecule has 0 bridgehead atoms. The molecule has 0 radical (unpaired) electrons. The summed E-state index contributed by atoms with van der Waals surface area (Å²) in [7, 11) is 0. The quantitative estimate of drug-likeness (QED) is 0.870. The van der Waals surface area contributed by atoms with E-state index in [0.29, 0.717) is 0 Å². The summed E-state index contributed by atoms with van der Waals surface area (Å²) in [6.07, 6.45) is 1.36. The number of anilines is 1. The molecule has 0 aliphatic carbocycles. The van der Waals surface area contributed by atoms with E-state index in [-0.39, 0.29) is 17.1 Å². The number of nitrogens with zero attached hydrogens (tertiary/aromatic N) is 2. The monoisotopic (exact) mass is 264 g/mol. The number of rotatable bonds is 2. The van der Waals surface area contributed by atoms with E-state index in [1.165, 1.54) is 16.9 Å². The maximum Gasteiger partial charge on any atom is 0.271 e. The average molecular weight is 264 g/mol. The second-order valence-electron chi connectivity index (χ2n) is 3.70. The molecule has 1 heterocycles. The summed E-state index contributed by atoms with van der Waals surface area (Å²) in [6, 6.07) is 4.67. The maximum absolute atomic E-state index is 13.7. The summed E-state index contributed by atoms with van der Waals surface area (Å²) in [5.74, 6) is -1.18. The largest absolute Gasteiger partial charge is 0.396 e. The van der Waals surface area contributed by atoms with Crippen molar-refractivity contribution in [3.05, 3.63) is 41.5 Å². The lowest BCUT2D eigenvalue weighted by atomic mass is 10.2. The highest BCUT2D eigenvalue weighted by molar-refractivity contribution is 5.95. The Hall–Kier alpha value is -2.37. The summed E-state index contributed by atoms with van der Waals surface area (Å²) in [4.78, 5) is 11.0. The Labute approximate surface area is 111 Å². The SMILES string of the molecule is CC.Cc1ccc(-n2cc(N)c(C(N)=O)n2)c(F)c1. The van der Waals surface area contributed by atoms with Crippen LogP contribution < -0.4 is 11.5 Å².